The van der Waals surface area contributed by atoms with Gasteiger partial charge in [-0.25, -0.2) is 4.98 Å². The molecule has 1 heterocycles. The van der Waals surface area contributed by atoms with Crippen molar-refractivity contribution in [1.29, 1.82) is 0 Å². The molecule has 2 aromatic carbocycles. The largest absolute Gasteiger partial charge is 0.484 e. The fourth-order valence-electron chi connectivity index (χ4n) is 4.18. The molecule has 0 bridgehead atoms. The van der Waals surface area contributed by atoms with E-state index in [-0.39, 0.29) is 18.6 Å². The number of hydrogen-bond acceptors (Lipinski definition) is 6. The van der Waals surface area contributed by atoms with Crippen LogP contribution in [0.5, 0.6) is 5.75 Å². The third kappa shape index (κ3) is 6.26. The molecule has 0 saturated heterocycles. The maximum absolute atomic E-state index is 12.2. The summed E-state index contributed by atoms with van der Waals surface area (Å²) in [4.78, 5) is 23.7. The number of anilines is 2. The first kappa shape index (κ1) is 23.1. The van der Waals surface area contributed by atoms with Crippen LogP contribution < -0.4 is 20.3 Å². The summed E-state index contributed by atoms with van der Waals surface area (Å²) in [7, 11) is 3.99. The number of aromatic nitrogens is 2. The predicted octanol–water partition coefficient (Wildman–Crippen LogP) is 4.52. The third-order valence-corrected chi connectivity index (χ3v) is 6.20. The normalized spacial score (nSPS) is 18.0. The summed E-state index contributed by atoms with van der Waals surface area (Å²) in [5.41, 5.74) is 0.936. The summed E-state index contributed by atoms with van der Waals surface area (Å²) in [5.74, 6) is 2.65. The fourth-order valence-corrected chi connectivity index (χ4v) is 4.30. The maximum atomic E-state index is 12.2. The summed E-state index contributed by atoms with van der Waals surface area (Å²) in [6.45, 7) is 0.835. The van der Waals surface area contributed by atoms with Crippen LogP contribution in [0.3, 0.4) is 0 Å². The molecule has 0 atom stereocenters. The summed E-state index contributed by atoms with van der Waals surface area (Å²) in [5, 5.41) is 8.22. The summed E-state index contributed by atoms with van der Waals surface area (Å²) in [6, 6.07) is 15.3. The van der Waals surface area contributed by atoms with Gasteiger partial charge in [-0.3, -0.25) is 4.79 Å². The minimum Gasteiger partial charge on any atom is -0.484 e. The lowest BCUT2D eigenvalue weighted by Gasteiger charge is -2.29. The molecule has 2 N–H and O–H groups in total. The van der Waals surface area contributed by atoms with Crippen LogP contribution in [0.1, 0.15) is 25.7 Å². The lowest BCUT2D eigenvalue weighted by molar-refractivity contribution is -0.124. The van der Waals surface area contributed by atoms with Crippen molar-refractivity contribution in [3.8, 4) is 5.75 Å². The van der Waals surface area contributed by atoms with Gasteiger partial charge >= 0.3 is 0 Å². The Bertz CT molecular complexity index is 1080. The molecule has 1 saturated carbocycles. The van der Waals surface area contributed by atoms with E-state index in [0.29, 0.717) is 22.6 Å². The van der Waals surface area contributed by atoms with Gasteiger partial charge in [-0.05, 0) is 68.0 Å². The molecule has 0 aliphatic heterocycles. The Labute approximate surface area is 199 Å². The monoisotopic (exact) mass is 467 g/mol. The van der Waals surface area contributed by atoms with Crippen LogP contribution in [0.4, 0.5) is 11.8 Å². The molecule has 1 aromatic heterocycles. The molecule has 8 heteroatoms. The number of halogens is 1. The Morgan fingerprint density at radius 2 is 1.79 bits per heavy atom. The number of fused-ring (bicyclic) bond motifs is 1. The zero-order valence-electron chi connectivity index (χ0n) is 19.1. The van der Waals surface area contributed by atoms with Crippen LogP contribution in [0.25, 0.3) is 10.9 Å². The van der Waals surface area contributed by atoms with E-state index < -0.39 is 0 Å². The number of carbonyl (C=O) groups is 1. The van der Waals surface area contributed by atoms with Crippen LogP contribution in [0.2, 0.25) is 5.02 Å². The van der Waals surface area contributed by atoms with E-state index in [2.05, 4.69) is 15.6 Å². The third-order valence-electron chi connectivity index (χ3n) is 5.95. The van der Waals surface area contributed by atoms with Gasteiger partial charge in [0, 0.05) is 37.1 Å². The van der Waals surface area contributed by atoms with Crippen molar-refractivity contribution in [3.63, 3.8) is 0 Å². The van der Waals surface area contributed by atoms with E-state index in [1.807, 2.05) is 43.3 Å². The lowest BCUT2D eigenvalue weighted by atomic mass is 9.86. The highest BCUT2D eigenvalue weighted by Gasteiger charge is 2.23. The highest BCUT2D eigenvalue weighted by Crippen LogP contribution is 2.26. The first-order valence-corrected chi connectivity index (χ1v) is 11.7. The molecule has 7 nitrogen and oxygen atoms in total. The first-order valence-electron chi connectivity index (χ1n) is 11.3. The van der Waals surface area contributed by atoms with Crippen LogP contribution in [-0.4, -0.2) is 49.2 Å². The van der Waals surface area contributed by atoms with Gasteiger partial charge in [0.25, 0.3) is 5.91 Å². The van der Waals surface area contributed by atoms with E-state index in [9.17, 15) is 4.79 Å². The van der Waals surface area contributed by atoms with Crippen molar-refractivity contribution < 1.29 is 9.53 Å². The van der Waals surface area contributed by atoms with Gasteiger partial charge in [0.2, 0.25) is 5.95 Å². The topological polar surface area (TPSA) is 79.4 Å². The molecule has 4 rings (SSSR count). The van der Waals surface area contributed by atoms with Crippen molar-refractivity contribution in [2.45, 2.75) is 31.7 Å². The van der Waals surface area contributed by atoms with Crippen molar-refractivity contribution in [1.82, 2.24) is 15.3 Å². The van der Waals surface area contributed by atoms with Crippen molar-refractivity contribution in [2.75, 3.05) is 37.5 Å². The smallest absolute Gasteiger partial charge is 0.258 e. The van der Waals surface area contributed by atoms with Gasteiger partial charge in [0.15, 0.2) is 6.61 Å². The van der Waals surface area contributed by atoms with Gasteiger partial charge in [-0.1, -0.05) is 23.7 Å². The Hall–Kier alpha value is -3.06. The molecule has 1 amide bonds. The molecule has 1 aliphatic rings. The Kier molecular flexibility index (Phi) is 7.50. The molecule has 3 aromatic rings. The molecule has 0 unspecified atom stereocenters. The SMILES string of the molecule is CN(C)c1nc(NCC2CCC(NC(=O)COc3ccc(Cl)cc3)CC2)nc2ccccc12. The number of nitrogens with one attached hydrogen (secondary N) is 2. The second-order valence-corrected chi connectivity index (χ2v) is 9.13. The van der Waals surface area contributed by atoms with Gasteiger partial charge in [-0.15, -0.1) is 0 Å². The van der Waals surface area contributed by atoms with E-state index in [1.54, 1.807) is 24.3 Å². The molecule has 33 heavy (non-hydrogen) atoms. The average Bonchev–Trinajstić information content (AvgIpc) is 2.82. The summed E-state index contributed by atoms with van der Waals surface area (Å²) >= 11 is 5.87. The molecule has 1 fully saturated rings. The zero-order chi connectivity index (χ0) is 23.2. The number of nitrogens with zero attached hydrogens (tertiary/aromatic N) is 3. The molecule has 0 spiro atoms. The van der Waals surface area contributed by atoms with Crippen molar-refractivity contribution >= 4 is 40.2 Å². The zero-order valence-corrected chi connectivity index (χ0v) is 19.8. The van der Waals surface area contributed by atoms with E-state index in [4.69, 9.17) is 21.3 Å². The average molecular weight is 468 g/mol. The minimum absolute atomic E-state index is 0.0105. The second-order valence-electron chi connectivity index (χ2n) is 8.69. The van der Waals surface area contributed by atoms with Crippen LogP contribution in [0.15, 0.2) is 48.5 Å². The van der Waals surface area contributed by atoms with E-state index in [0.717, 1.165) is 48.9 Å². The number of carbonyl (C=O) groups excluding carboxylic acids is 1. The van der Waals surface area contributed by atoms with Gasteiger partial charge in [0.05, 0.1) is 5.52 Å². The molecule has 0 radical (unpaired) electrons. The highest BCUT2D eigenvalue weighted by atomic mass is 35.5. The van der Waals surface area contributed by atoms with Crippen LogP contribution in [-0.2, 0) is 4.79 Å². The van der Waals surface area contributed by atoms with Gasteiger partial charge in [0.1, 0.15) is 11.6 Å². The molecule has 1 aliphatic carbocycles. The second kappa shape index (κ2) is 10.7. The highest BCUT2D eigenvalue weighted by molar-refractivity contribution is 6.30. The maximum Gasteiger partial charge on any atom is 0.258 e. The van der Waals surface area contributed by atoms with Crippen molar-refractivity contribution in [3.05, 3.63) is 53.6 Å². The number of amides is 1. The van der Waals surface area contributed by atoms with E-state index >= 15 is 0 Å². The molecule has 174 valence electrons. The minimum atomic E-state index is -0.0905. The molecular weight excluding hydrogens is 438 g/mol. The standard InChI is InChI=1S/C25H30ClN5O2/c1-31(2)24-21-5-3-4-6-22(21)29-25(30-24)27-15-17-7-11-19(12-8-17)28-23(32)16-33-20-13-9-18(26)10-14-20/h3-6,9-10,13-14,17,19H,7-8,11-12,15-16H2,1-2H3,(H,28,32)(H,27,29,30). The Morgan fingerprint density at radius 3 is 2.52 bits per heavy atom. The van der Waals surface area contributed by atoms with Gasteiger partial charge in [-0.2, -0.15) is 4.98 Å². The number of hydrogen-bond donors (Lipinski definition) is 2. The number of rotatable bonds is 8. The lowest BCUT2D eigenvalue weighted by Crippen LogP contribution is -2.40. The fraction of sp³-hybridized carbons (Fsp3) is 0.400. The predicted molar refractivity (Wildman–Crippen MR) is 133 cm³/mol. The van der Waals surface area contributed by atoms with Crippen LogP contribution >= 0.6 is 11.6 Å². The Balaban J connectivity index is 1.23. The van der Waals surface area contributed by atoms with Crippen molar-refractivity contribution in [2.24, 2.45) is 5.92 Å². The quantitative estimate of drug-likeness (QED) is 0.507. The van der Waals surface area contributed by atoms with Crippen LogP contribution in [0, 0.1) is 5.92 Å². The number of ether oxygens (including phenoxy) is 1. The Morgan fingerprint density at radius 1 is 1.06 bits per heavy atom. The summed E-state index contributed by atoms with van der Waals surface area (Å²) < 4.78 is 5.53. The first-order chi connectivity index (χ1) is 16.0. The van der Waals surface area contributed by atoms with E-state index in [1.165, 1.54) is 0 Å². The van der Waals surface area contributed by atoms with Gasteiger partial charge < -0.3 is 20.3 Å². The number of para-hydroxylation sites is 1. The number of benzene rings is 2. The molecular formula is C25H30ClN5O2. The summed E-state index contributed by atoms with van der Waals surface area (Å²) in [6.07, 6.45) is 4.01.